The van der Waals surface area contributed by atoms with Gasteiger partial charge in [-0.15, -0.1) is 0 Å². The van der Waals surface area contributed by atoms with Crippen LogP contribution in [0.5, 0.6) is 0 Å². The van der Waals surface area contributed by atoms with Gasteiger partial charge in [0.05, 0.1) is 72.6 Å². The second kappa shape index (κ2) is 17.5. The van der Waals surface area contributed by atoms with Gasteiger partial charge in [-0.3, -0.25) is 0 Å². The Bertz CT molecular complexity index is 4100. The van der Waals surface area contributed by atoms with Crippen molar-refractivity contribution in [3.05, 3.63) is 210 Å². The Morgan fingerprint density at radius 3 is 1.14 bits per heavy atom. The first-order chi connectivity index (χ1) is 35.9. The Balaban J connectivity index is 1.28. The molecular formula is C58H30F15N3. The summed E-state index contributed by atoms with van der Waals surface area (Å²) in [4.78, 5) is 4.67. The van der Waals surface area contributed by atoms with Crippen molar-refractivity contribution in [3.63, 3.8) is 0 Å². The molecule has 3 nitrogen and oxygen atoms in total. The Morgan fingerprint density at radius 1 is 0.276 bits per heavy atom. The van der Waals surface area contributed by atoms with Gasteiger partial charge in [0, 0.05) is 32.7 Å². The fourth-order valence-electron chi connectivity index (χ4n) is 9.94. The first-order valence-corrected chi connectivity index (χ1v) is 22.8. The second-order valence-electron chi connectivity index (χ2n) is 17.8. The van der Waals surface area contributed by atoms with Gasteiger partial charge in [-0.25, -0.2) is 4.98 Å². The Kier molecular flexibility index (Phi) is 11.5. The van der Waals surface area contributed by atoms with Gasteiger partial charge >= 0.3 is 30.9 Å². The van der Waals surface area contributed by atoms with Crippen molar-refractivity contribution in [2.24, 2.45) is 0 Å². The van der Waals surface area contributed by atoms with E-state index in [1.165, 1.54) is 69.8 Å². The average molecular weight is 1050 g/mol. The van der Waals surface area contributed by atoms with Crippen LogP contribution in [0.3, 0.4) is 0 Å². The third kappa shape index (κ3) is 8.64. The monoisotopic (exact) mass is 1050 g/mol. The van der Waals surface area contributed by atoms with Gasteiger partial charge < -0.3 is 9.13 Å². The van der Waals surface area contributed by atoms with Crippen LogP contribution < -0.4 is 0 Å². The highest BCUT2D eigenvalue weighted by molar-refractivity contribution is 6.13. The highest BCUT2D eigenvalue weighted by Gasteiger charge is 2.41. The minimum atomic E-state index is -5.31. The molecule has 0 fully saturated rings. The van der Waals surface area contributed by atoms with Gasteiger partial charge in [-0.1, -0.05) is 109 Å². The molecule has 0 atom stereocenters. The topological polar surface area (TPSA) is 22.8 Å². The SMILES string of the molecule is FC(F)(F)c1ccc(-c2ccc3c4ccccc4n(-c4cc(-c5cccc(-c6ccccc6)n5)c(C(F)(F)F)cc4-n4c5ccccc5c5ccc(-c6ccc(C(F)(F)F)cc6C(F)(F)F)cc54)c3c2)c(C(F)(F)F)c1. The van der Waals surface area contributed by atoms with E-state index >= 15 is 13.2 Å². The van der Waals surface area contributed by atoms with Crippen molar-refractivity contribution in [2.75, 3.05) is 0 Å². The minimum absolute atomic E-state index is 0.000855. The van der Waals surface area contributed by atoms with Gasteiger partial charge in [0.2, 0.25) is 0 Å². The van der Waals surface area contributed by atoms with E-state index in [4.69, 9.17) is 0 Å². The van der Waals surface area contributed by atoms with E-state index in [1.807, 2.05) is 0 Å². The number of benzene rings is 8. The van der Waals surface area contributed by atoms with Gasteiger partial charge in [0.25, 0.3) is 0 Å². The van der Waals surface area contributed by atoms with E-state index in [0.29, 0.717) is 51.4 Å². The fourth-order valence-corrected chi connectivity index (χ4v) is 9.94. The normalized spacial score (nSPS) is 12.9. The molecule has 8 aromatic carbocycles. The van der Waals surface area contributed by atoms with Crippen LogP contribution >= 0.6 is 0 Å². The predicted molar refractivity (Wildman–Crippen MR) is 260 cm³/mol. The number of alkyl halides is 15. The van der Waals surface area contributed by atoms with E-state index in [9.17, 15) is 52.7 Å². The van der Waals surface area contributed by atoms with Crippen molar-refractivity contribution in [1.29, 1.82) is 0 Å². The minimum Gasteiger partial charge on any atom is -0.307 e. The number of hydrogen-bond acceptors (Lipinski definition) is 1. The van der Waals surface area contributed by atoms with Crippen LogP contribution in [0.4, 0.5) is 65.9 Å². The summed E-state index contributed by atoms with van der Waals surface area (Å²) < 4.78 is 223. The van der Waals surface area contributed by atoms with Gasteiger partial charge in [0.1, 0.15) is 0 Å². The molecule has 0 saturated carbocycles. The van der Waals surface area contributed by atoms with E-state index in [-0.39, 0.29) is 68.1 Å². The summed E-state index contributed by atoms with van der Waals surface area (Å²) >= 11 is 0. The number of fused-ring (bicyclic) bond motifs is 6. The number of halogens is 15. The van der Waals surface area contributed by atoms with E-state index < -0.39 is 75.4 Å². The lowest BCUT2D eigenvalue weighted by molar-refractivity contribution is -0.144. The van der Waals surface area contributed by atoms with Crippen molar-refractivity contribution in [2.45, 2.75) is 30.9 Å². The Morgan fingerprint density at radius 2 is 0.684 bits per heavy atom. The van der Waals surface area contributed by atoms with Crippen molar-refractivity contribution in [1.82, 2.24) is 14.1 Å². The molecule has 0 aliphatic carbocycles. The summed E-state index contributed by atoms with van der Waals surface area (Å²) in [7, 11) is 0. The second-order valence-corrected chi connectivity index (χ2v) is 17.8. The zero-order valence-electron chi connectivity index (χ0n) is 38.3. The summed E-state index contributed by atoms with van der Waals surface area (Å²) in [5.74, 6) is 0. The van der Waals surface area contributed by atoms with E-state index in [2.05, 4.69) is 4.98 Å². The maximum absolute atomic E-state index is 16.0. The van der Waals surface area contributed by atoms with Crippen LogP contribution in [0.15, 0.2) is 182 Å². The highest BCUT2D eigenvalue weighted by Crippen LogP contribution is 2.48. The highest BCUT2D eigenvalue weighted by atomic mass is 19.4. The predicted octanol–water partition coefficient (Wildman–Crippen LogP) is 19.0. The van der Waals surface area contributed by atoms with Crippen molar-refractivity contribution >= 4 is 43.6 Å². The average Bonchev–Trinajstić information content (AvgIpc) is 3.90. The summed E-state index contributed by atoms with van der Waals surface area (Å²) in [6.45, 7) is 0. The Labute approximate surface area is 419 Å². The maximum atomic E-state index is 16.0. The first kappa shape index (κ1) is 49.7. The molecular weight excluding hydrogens is 1020 g/mol. The summed E-state index contributed by atoms with van der Waals surface area (Å²) in [5, 5.41) is 1.48. The first-order valence-electron chi connectivity index (χ1n) is 22.8. The molecule has 76 heavy (non-hydrogen) atoms. The van der Waals surface area contributed by atoms with E-state index in [1.54, 1.807) is 78.9 Å². The van der Waals surface area contributed by atoms with Crippen LogP contribution in [-0.4, -0.2) is 14.1 Å². The molecule has 11 aromatic rings. The molecule has 0 spiro atoms. The molecule has 0 N–H and O–H groups in total. The Hall–Kier alpha value is -8.54. The number of aromatic nitrogens is 3. The molecule has 0 saturated heterocycles. The van der Waals surface area contributed by atoms with Crippen LogP contribution in [-0.2, 0) is 30.9 Å². The molecule has 382 valence electrons. The third-order valence-electron chi connectivity index (χ3n) is 13.3. The number of pyridine rings is 1. The number of nitrogens with zero attached hydrogens (tertiary/aromatic N) is 3. The lowest BCUT2D eigenvalue weighted by Gasteiger charge is -2.22. The molecule has 0 aliphatic rings. The largest absolute Gasteiger partial charge is 0.417 e. The van der Waals surface area contributed by atoms with Crippen molar-refractivity contribution in [3.8, 4) is 56.1 Å². The summed E-state index contributed by atoms with van der Waals surface area (Å²) in [5.41, 5.74) is -9.03. The van der Waals surface area contributed by atoms with Crippen LogP contribution in [0, 0.1) is 0 Å². The smallest absolute Gasteiger partial charge is 0.307 e. The number of para-hydroxylation sites is 2. The van der Waals surface area contributed by atoms with Gasteiger partial charge in [0.15, 0.2) is 0 Å². The quantitative estimate of drug-likeness (QED) is 0.152. The van der Waals surface area contributed by atoms with Gasteiger partial charge in [-0.05, 0) is 95.1 Å². The molecule has 0 radical (unpaired) electrons. The zero-order valence-corrected chi connectivity index (χ0v) is 38.3. The molecule has 18 heteroatoms. The van der Waals surface area contributed by atoms with Crippen LogP contribution in [0.1, 0.15) is 27.8 Å². The third-order valence-corrected chi connectivity index (χ3v) is 13.3. The molecule has 11 rings (SSSR count). The van der Waals surface area contributed by atoms with E-state index in [0.717, 1.165) is 6.07 Å². The fraction of sp³-hybridized carbons (Fsp3) is 0.0862. The number of rotatable bonds is 6. The van der Waals surface area contributed by atoms with Crippen molar-refractivity contribution < 1.29 is 65.9 Å². The maximum Gasteiger partial charge on any atom is 0.417 e. The van der Waals surface area contributed by atoms with Gasteiger partial charge in [-0.2, -0.15) is 65.9 Å². The zero-order chi connectivity index (χ0) is 53.9. The molecule has 0 unspecified atom stereocenters. The summed E-state index contributed by atoms with van der Waals surface area (Å²) in [6.07, 6.45) is -26.1. The lowest BCUT2D eigenvalue weighted by atomic mass is 9.95. The van der Waals surface area contributed by atoms with Crippen LogP contribution in [0.25, 0.3) is 99.8 Å². The molecule has 3 heterocycles. The summed E-state index contributed by atoms with van der Waals surface area (Å²) in [6, 6.07) is 37.9. The van der Waals surface area contributed by atoms with Crippen LogP contribution in [0.2, 0.25) is 0 Å². The number of hydrogen-bond donors (Lipinski definition) is 0. The standard InChI is InChI=1S/C58H30F15N3/c59-54(60,61)34-19-23-36(43(27-34)56(65,66)67)32-17-21-40-38-11-4-6-15-48(38)75(50(40)25-32)52-29-42(47-14-8-13-46(74-47)31-9-2-1-3-10-31)45(58(71,72)73)30-53(52)76-49-16-7-5-12-39(49)41-22-18-33(26-51(41)76)37-24-20-35(55(62,63)64)28-44(37)57(68,69)70/h1-30H. The molecule has 3 aromatic heterocycles. The molecule has 0 bridgehead atoms. The molecule has 0 aliphatic heterocycles. The lowest BCUT2D eigenvalue weighted by Crippen LogP contribution is -2.13. The molecule has 0 amide bonds.